The molecule has 0 aliphatic carbocycles. The Balaban J connectivity index is 1.56. The van der Waals surface area contributed by atoms with Crippen molar-refractivity contribution in [1.82, 2.24) is 0 Å². The summed E-state index contributed by atoms with van der Waals surface area (Å²) in [7, 11) is 0. The number of esters is 1. The molecule has 0 fully saturated rings. The molecule has 156 valence electrons. The molecule has 1 aliphatic rings. The topological polar surface area (TPSA) is 44.8 Å². The summed E-state index contributed by atoms with van der Waals surface area (Å²) in [6.45, 7) is 4.92. The Labute approximate surface area is 182 Å². The first-order valence-electron chi connectivity index (χ1n) is 10.3. The summed E-state index contributed by atoms with van der Waals surface area (Å²) in [6, 6.07) is 23.5. The van der Waals surface area contributed by atoms with Crippen LogP contribution in [0.3, 0.4) is 0 Å². The normalized spacial score (nSPS) is 14.3. The number of hydrogen-bond acceptors (Lipinski definition) is 4. The zero-order chi connectivity index (χ0) is 21.6. The van der Waals surface area contributed by atoms with Crippen LogP contribution in [0.15, 0.2) is 84.4 Å². The molecule has 0 saturated heterocycles. The minimum absolute atomic E-state index is 0.363. The Kier molecular flexibility index (Phi) is 6.18. The van der Waals surface area contributed by atoms with E-state index in [4.69, 9.17) is 14.2 Å². The fourth-order valence-electron chi connectivity index (χ4n) is 3.27. The van der Waals surface area contributed by atoms with E-state index >= 15 is 0 Å². The maximum absolute atomic E-state index is 12.4. The van der Waals surface area contributed by atoms with E-state index in [0.717, 1.165) is 22.3 Å². The molecular formula is C27H24O4. The van der Waals surface area contributed by atoms with Gasteiger partial charge in [-0.15, -0.1) is 0 Å². The van der Waals surface area contributed by atoms with Crippen LogP contribution in [-0.4, -0.2) is 12.6 Å². The van der Waals surface area contributed by atoms with Crippen molar-refractivity contribution in [2.75, 3.05) is 6.61 Å². The van der Waals surface area contributed by atoms with Gasteiger partial charge in [0.25, 0.3) is 0 Å². The number of cyclic esters (lactones) is 1. The number of aryl methyl sites for hydroxylation is 1. The first-order valence-corrected chi connectivity index (χ1v) is 10.3. The van der Waals surface area contributed by atoms with Gasteiger partial charge in [-0.2, -0.15) is 0 Å². The standard InChI is InChI=1S/C27H24O4/c1-3-29-26-16-21(11-14-24(26)30-18-20-7-5-4-6-8-20)15-23-17-25(31-27(23)28)22-12-9-19(2)10-13-22/h4-17H,3,18H2,1-2H3. The number of hydrogen-bond donors (Lipinski definition) is 0. The predicted molar refractivity (Wildman–Crippen MR) is 122 cm³/mol. The van der Waals surface area contributed by atoms with E-state index < -0.39 is 0 Å². The van der Waals surface area contributed by atoms with Crippen LogP contribution in [0.1, 0.15) is 29.2 Å². The quantitative estimate of drug-likeness (QED) is 0.355. The SMILES string of the molecule is CCOc1cc(C=C2C=C(c3ccc(C)cc3)OC2=O)ccc1OCc1ccccc1. The van der Waals surface area contributed by atoms with Gasteiger partial charge in [-0.05, 0) is 49.3 Å². The summed E-state index contributed by atoms with van der Waals surface area (Å²) in [5.41, 5.74) is 4.45. The van der Waals surface area contributed by atoms with Gasteiger partial charge in [0.05, 0.1) is 12.2 Å². The molecule has 0 unspecified atom stereocenters. The van der Waals surface area contributed by atoms with Crippen molar-refractivity contribution >= 4 is 17.8 Å². The van der Waals surface area contributed by atoms with E-state index in [1.807, 2.05) is 86.6 Å². The third kappa shape index (κ3) is 5.04. The second kappa shape index (κ2) is 9.35. The molecule has 4 nitrogen and oxygen atoms in total. The van der Waals surface area contributed by atoms with Gasteiger partial charge in [-0.25, -0.2) is 4.79 Å². The highest BCUT2D eigenvalue weighted by Gasteiger charge is 2.22. The number of benzene rings is 3. The van der Waals surface area contributed by atoms with Crippen molar-refractivity contribution in [3.63, 3.8) is 0 Å². The van der Waals surface area contributed by atoms with E-state index in [1.165, 1.54) is 0 Å². The molecular weight excluding hydrogens is 388 g/mol. The van der Waals surface area contributed by atoms with Crippen LogP contribution in [0.5, 0.6) is 11.5 Å². The lowest BCUT2D eigenvalue weighted by molar-refractivity contribution is -0.130. The summed E-state index contributed by atoms with van der Waals surface area (Å²) in [5.74, 6) is 1.50. The first kappa shape index (κ1) is 20.5. The second-order valence-electron chi connectivity index (χ2n) is 7.28. The highest BCUT2D eigenvalue weighted by Crippen LogP contribution is 2.32. The Morgan fingerprint density at radius 3 is 2.42 bits per heavy atom. The molecule has 3 aromatic rings. The van der Waals surface area contributed by atoms with E-state index in [2.05, 4.69) is 0 Å². The van der Waals surface area contributed by atoms with E-state index in [0.29, 0.717) is 36.0 Å². The number of ether oxygens (including phenoxy) is 3. The van der Waals surface area contributed by atoms with Gasteiger partial charge in [-0.1, -0.05) is 66.2 Å². The third-order valence-corrected chi connectivity index (χ3v) is 4.89. The van der Waals surface area contributed by atoms with Crippen molar-refractivity contribution in [3.8, 4) is 11.5 Å². The van der Waals surface area contributed by atoms with Gasteiger partial charge in [0, 0.05) is 5.56 Å². The molecule has 3 aromatic carbocycles. The van der Waals surface area contributed by atoms with Gasteiger partial charge >= 0.3 is 5.97 Å². The zero-order valence-corrected chi connectivity index (χ0v) is 17.6. The lowest BCUT2D eigenvalue weighted by atomic mass is 10.1. The fraction of sp³-hybridized carbons (Fsp3) is 0.148. The summed E-state index contributed by atoms with van der Waals surface area (Å²) in [5, 5.41) is 0. The van der Waals surface area contributed by atoms with Crippen LogP contribution in [-0.2, 0) is 16.1 Å². The smallest absolute Gasteiger partial charge is 0.343 e. The summed E-state index contributed by atoms with van der Waals surface area (Å²) in [6.07, 6.45) is 3.57. The monoisotopic (exact) mass is 412 g/mol. The van der Waals surface area contributed by atoms with E-state index in [9.17, 15) is 4.79 Å². The fourth-order valence-corrected chi connectivity index (χ4v) is 3.27. The van der Waals surface area contributed by atoms with Gasteiger partial charge in [-0.3, -0.25) is 0 Å². The molecule has 0 radical (unpaired) electrons. The molecule has 1 heterocycles. The summed E-state index contributed by atoms with van der Waals surface area (Å²) in [4.78, 5) is 12.4. The largest absolute Gasteiger partial charge is 0.490 e. The Morgan fingerprint density at radius 2 is 1.68 bits per heavy atom. The lowest BCUT2D eigenvalue weighted by Gasteiger charge is -2.13. The van der Waals surface area contributed by atoms with Crippen molar-refractivity contribution in [2.45, 2.75) is 20.5 Å². The summed E-state index contributed by atoms with van der Waals surface area (Å²) >= 11 is 0. The van der Waals surface area contributed by atoms with Gasteiger partial charge in [0.15, 0.2) is 11.5 Å². The average molecular weight is 412 g/mol. The maximum atomic E-state index is 12.4. The molecule has 4 rings (SSSR count). The Hall–Kier alpha value is -3.79. The zero-order valence-electron chi connectivity index (χ0n) is 17.6. The molecule has 0 bridgehead atoms. The van der Waals surface area contributed by atoms with Gasteiger partial charge in [0.2, 0.25) is 0 Å². The highest BCUT2D eigenvalue weighted by molar-refractivity contribution is 6.05. The molecule has 0 N–H and O–H groups in total. The van der Waals surface area contributed by atoms with Gasteiger partial charge < -0.3 is 14.2 Å². The Morgan fingerprint density at radius 1 is 0.903 bits per heavy atom. The van der Waals surface area contributed by atoms with Crippen LogP contribution in [0, 0.1) is 6.92 Å². The van der Waals surface area contributed by atoms with Crippen molar-refractivity contribution in [1.29, 1.82) is 0 Å². The first-order chi connectivity index (χ1) is 15.1. The second-order valence-corrected chi connectivity index (χ2v) is 7.28. The molecule has 31 heavy (non-hydrogen) atoms. The summed E-state index contributed by atoms with van der Waals surface area (Å²) < 4.78 is 17.2. The molecule has 0 atom stereocenters. The minimum Gasteiger partial charge on any atom is -0.490 e. The predicted octanol–water partition coefficient (Wildman–Crippen LogP) is 5.95. The van der Waals surface area contributed by atoms with Crippen LogP contribution in [0.25, 0.3) is 11.8 Å². The third-order valence-electron chi connectivity index (χ3n) is 4.89. The Bertz CT molecular complexity index is 1130. The van der Waals surface area contributed by atoms with E-state index in [1.54, 1.807) is 12.2 Å². The number of carbonyl (C=O) groups is 1. The van der Waals surface area contributed by atoms with Crippen LogP contribution >= 0.6 is 0 Å². The molecule has 0 amide bonds. The maximum Gasteiger partial charge on any atom is 0.343 e. The number of rotatable bonds is 7. The highest BCUT2D eigenvalue weighted by atomic mass is 16.5. The molecule has 0 spiro atoms. The molecule has 0 aromatic heterocycles. The molecule has 4 heteroatoms. The molecule has 0 saturated carbocycles. The molecule has 1 aliphatic heterocycles. The van der Waals surface area contributed by atoms with Crippen molar-refractivity contribution in [2.24, 2.45) is 0 Å². The minimum atomic E-state index is -0.363. The van der Waals surface area contributed by atoms with Crippen molar-refractivity contribution in [3.05, 3.63) is 107 Å². The van der Waals surface area contributed by atoms with Crippen LogP contribution in [0.2, 0.25) is 0 Å². The average Bonchev–Trinajstić information content (AvgIpc) is 3.15. The van der Waals surface area contributed by atoms with Gasteiger partial charge in [0.1, 0.15) is 12.4 Å². The number of carbonyl (C=O) groups excluding carboxylic acids is 1. The van der Waals surface area contributed by atoms with E-state index in [-0.39, 0.29) is 5.97 Å². The van der Waals surface area contributed by atoms with Crippen LogP contribution in [0.4, 0.5) is 0 Å². The lowest BCUT2D eigenvalue weighted by Crippen LogP contribution is -2.00. The van der Waals surface area contributed by atoms with Crippen LogP contribution < -0.4 is 9.47 Å². The van der Waals surface area contributed by atoms with Crippen molar-refractivity contribution < 1.29 is 19.0 Å².